The molecule has 0 aliphatic rings. The highest BCUT2D eigenvalue weighted by atomic mass is 16.5. The van der Waals surface area contributed by atoms with Crippen molar-refractivity contribution in [3.8, 4) is 0 Å². The molecule has 0 aliphatic heterocycles. The minimum atomic E-state index is 0.844. The molecule has 0 atom stereocenters. The Labute approximate surface area is 112 Å². The van der Waals surface area contributed by atoms with Crippen LogP contribution in [0.5, 0.6) is 0 Å². The van der Waals surface area contributed by atoms with Gasteiger partial charge in [-0.25, -0.2) is 0 Å². The normalized spacial score (nSPS) is 11.6. The third-order valence-electron chi connectivity index (χ3n) is 3.10. The highest BCUT2D eigenvalue weighted by molar-refractivity contribution is 5.62. The molecule has 0 aliphatic carbocycles. The summed E-state index contributed by atoms with van der Waals surface area (Å²) in [6.45, 7) is 5.19. The smallest absolute Gasteiger partial charge is 0.0873 e. The van der Waals surface area contributed by atoms with Crippen molar-refractivity contribution in [3.63, 3.8) is 0 Å². The molecule has 18 heavy (non-hydrogen) atoms. The largest absolute Gasteiger partial charge is 0.501 e. The zero-order valence-electron chi connectivity index (χ0n) is 11.8. The maximum absolute atomic E-state index is 5.59. The number of hydrogen-bond donors (Lipinski definition) is 0. The van der Waals surface area contributed by atoms with Crippen molar-refractivity contribution in [2.75, 3.05) is 6.61 Å². The van der Waals surface area contributed by atoms with Gasteiger partial charge in [0.2, 0.25) is 0 Å². The molecule has 1 heteroatoms. The van der Waals surface area contributed by atoms with E-state index in [4.69, 9.17) is 4.74 Å². The number of unbranched alkanes of at least 4 members (excludes halogenated alkanes) is 5. The van der Waals surface area contributed by atoms with Gasteiger partial charge in [0.15, 0.2) is 0 Å². The Morgan fingerprint density at radius 2 is 1.67 bits per heavy atom. The Kier molecular flexibility index (Phi) is 8.03. The maximum Gasteiger partial charge on any atom is 0.0873 e. The summed E-state index contributed by atoms with van der Waals surface area (Å²) < 4.78 is 5.59. The van der Waals surface area contributed by atoms with Gasteiger partial charge in [-0.3, -0.25) is 0 Å². The second-order valence-electron chi connectivity index (χ2n) is 4.81. The molecule has 0 saturated heterocycles. The molecule has 0 aromatic heterocycles. The van der Waals surface area contributed by atoms with Crippen molar-refractivity contribution in [2.45, 2.75) is 52.4 Å². The first-order valence-corrected chi connectivity index (χ1v) is 7.18. The van der Waals surface area contributed by atoms with Crippen molar-refractivity contribution in [2.24, 2.45) is 0 Å². The van der Waals surface area contributed by atoms with Crippen LogP contribution < -0.4 is 0 Å². The number of rotatable bonds is 9. The van der Waals surface area contributed by atoms with Gasteiger partial charge < -0.3 is 4.74 Å². The van der Waals surface area contributed by atoms with Gasteiger partial charge in [0, 0.05) is 0 Å². The van der Waals surface area contributed by atoms with E-state index in [2.05, 4.69) is 38.1 Å². The quantitative estimate of drug-likeness (QED) is 0.417. The Bertz CT molecular complexity index is 327. The van der Waals surface area contributed by atoms with E-state index in [-0.39, 0.29) is 0 Å². The zero-order chi connectivity index (χ0) is 13.1. The molecule has 0 radical (unpaired) electrons. The lowest BCUT2D eigenvalue weighted by atomic mass is 10.1. The molecule has 0 bridgehead atoms. The van der Waals surface area contributed by atoms with Crippen molar-refractivity contribution < 1.29 is 4.74 Å². The molecule has 1 rings (SSSR count). The van der Waals surface area contributed by atoms with E-state index in [0.29, 0.717) is 0 Å². The predicted octanol–water partition coefficient (Wildman–Crippen LogP) is 5.42. The maximum atomic E-state index is 5.59. The van der Waals surface area contributed by atoms with Crippen molar-refractivity contribution >= 4 is 5.57 Å². The lowest BCUT2D eigenvalue weighted by Crippen LogP contribution is -1.89. The summed E-state index contributed by atoms with van der Waals surface area (Å²) in [6, 6.07) is 10.4. The van der Waals surface area contributed by atoms with Crippen molar-refractivity contribution in [1.29, 1.82) is 0 Å². The second kappa shape index (κ2) is 9.76. The highest BCUT2D eigenvalue weighted by Gasteiger charge is 1.94. The third kappa shape index (κ3) is 6.48. The van der Waals surface area contributed by atoms with Gasteiger partial charge in [-0.2, -0.15) is 0 Å². The minimum absolute atomic E-state index is 0.844. The van der Waals surface area contributed by atoms with Crippen molar-refractivity contribution in [1.82, 2.24) is 0 Å². The summed E-state index contributed by atoms with van der Waals surface area (Å²) in [7, 11) is 0. The fourth-order valence-corrected chi connectivity index (χ4v) is 1.92. The van der Waals surface area contributed by atoms with E-state index < -0.39 is 0 Å². The molecule has 0 unspecified atom stereocenters. The summed E-state index contributed by atoms with van der Waals surface area (Å²) in [5, 5.41) is 0. The fraction of sp³-hybridized carbons (Fsp3) is 0.529. The van der Waals surface area contributed by atoms with Crippen LogP contribution in [0.15, 0.2) is 36.6 Å². The molecule has 100 valence electrons. The van der Waals surface area contributed by atoms with Crippen LogP contribution in [0, 0.1) is 0 Å². The van der Waals surface area contributed by atoms with Crippen LogP contribution in [0.1, 0.15) is 57.9 Å². The van der Waals surface area contributed by atoms with Crippen LogP contribution in [0.2, 0.25) is 0 Å². The van der Waals surface area contributed by atoms with Crippen molar-refractivity contribution in [3.05, 3.63) is 42.2 Å². The van der Waals surface area contributed by atoms with Gasteiger partial charge in [0.1, 0.15) is 0 Å². The molecule has 0 saturated carbocycles. The SMILES string of the molecule is CCCCCCCCOC=C(C)c1ccccc1. The van der Waals surface area contributed by atoms with E-state index in [0.717, 1.165) is 6.61 Å². The van der Waals surface area contributed by atoms with Gasteiger partial charge in [0.05, 0.1) is 12.9 Å². The van der Waals surface area contributed by atoms with Crippen LogP contribution >= 0.6 is 0 Å². The lowest BCUT2D eigenvalue weighted by Gasteiger charge is -2.04. The molecular formula is C17H26O. The standard InChI is InChI=1S/C17H26O/c1-3-4-5-6-7-11-14-18-15-16(2)17-12-9-8-10-13-17/h8-10,12-13,15H,3-7,11,14H2,1-2H3. The highest BCUT2D eigenvalue weighted by Crippen LogP contribution is 2.13. The predicted molar refractivity (Wildman–Crippen MR) is 79.4 cm³/mol. The Balaban J connectivity index is 2.10. The molecule has 1 nitrogen and oxygen atoms in total. The van der Waals surface area contributed by atoms with E-state index in [9.17, 15) is 0 Å². The molecule has 0 fully saturated rings. The number of hydrogen-bond acceptors (Lipinski definition) is 1. The molecular weight excluding hydrogens is 220 g/mol. The second-order valence-corrected chi connectivity index (χ2v) is 4.81. The van der Waals surface area contributed by atoms with Gasteiger partial charge in [-0.1, -0.05) is 69.4 Å². The average Bonchev–Trinajstić information content (AvgIpc) is 2.42. The van der Waals surface area contributed by atoms with Crippen LogP contribution in [-0.4, -0.2) is 6.61 Å². The summed E-state index contributed by atoms with van der Waals surface area (Å²) >= 11 is 0. The first-order valence-electron chi connectivity index (χ1n) is 7.18. The summed E-state index contributed by atoms with van der Waals surface area (Å²) in [5.41, 5.74) is 2.43. The molecule has 0 amide bonds. The Hall–Kier alpha value is -1.24. The Morgan fingerprint density at radius 3 is 2.39 bits per heavy atom. The van der Waals surface area contributed by atoms with E-state index in [1.165, 1.54) is 49.7 Å². The topological polar surface area (TPSA) is 9.23 Å². The Morgan fingerprint density at radius 1 is 1.00 bits per heavy atom. The number of allylic oxidation sites excluding steroid dienone is 1. The van der Waals surface area contributed by atoms with E-state index >= 15 is 0 Å². The summed E-state index contributed by atoms with van der Waals surface area (Å²) in [6.07, 6.45) is 9.75. The summed E-state index contributed by atoms with van der Waals surface area (Å²) in [5.74, 6) is 0. The van der Waals surface area contributed by atoms with E-state index in [1.807, 2.05) is 12.3 Å². The minimum Gasteiger partial charge on any atom is -0.501 e. The first kappa shape index (κ1) is 14.8. The van der Waals surface area contributed by atoms with Gasteiger partial charge in [-0.05, 0) is 24.5 Å². The first-order chi connectivity index (χ1) is 8.84. The molecule has 0 heterocycles. The monoisotopic (exact) mass is 246 g/mol. The lowest BCUT2D eigenvalue weighted by molar-refractivity contribution is 0.241. The van der Waals surface area contributed by atoms with Crippen LogP contribution in [0.3, 0.4) is 0 Å². The molecule has 0 spiro atoms. The molecule has 1 aromatic rings. The van der Waals surface area contributed by atoms with Gasteiger partial charge in [0.25, 0.3) is 0 Å². The average molecular weight is 246 g/mol. The summed E-state index contributed by atoms with van der Waals surface area (Å²) in [4.78, 5) is 0. The van der Waals surface area contributed by atoms with Crippen LogP contribution in [0.4, 0.5) is 0 Å². The van der Waals surface area contributed by atoms with Crippen LogP contribution in [-0.2, 0) is 4.74 Å². The zero-order valence-corrected chi connectivity index (χ0v) is 11.8. The number of benzene rings is 1. The molecule has 1 aromatic carbocycles. The van der Waals surface area contributed by atoms with Gasteiger partial charge in [-0.15, -0.1) is 0 Å². The molecule has 0 N–H and O–H groups in total. The van der Waals surface area contributed by atoms with Crippen LogP contribution in [0.25, 0.3) is 5.57 Å². The van der Waals surface area contributed by atoms with E-state index in [1.54, 1.807) is 0 Å². The van der Waals surface area contributed by atoms with Gasteiger partial charge >= 0.3 is 0 Å². The third-order valence-corrected chi connectivity index (χ3v) is 3.10. The fourth-order valence-electron chi connectivity index (χ4n) is 1.92. The number of ether oxygens (including phenoxy) is 1.